The van der Waals surface area contributed by atoms with Crippen molar-refractivity contribution in [3.63, 3.8) is 0 Å². The first-order valence-corrected chi connectivity index (χ1v) is 22.4. The van der Waals surface area contributed by atoms with E-state index in [1.54, 1.807) is 11.3 Å². The Labute approximate surface area is 386 Å². The van der Waals surface area contributed by atoms with E-state index in [9.17, 15) is 25.5 Å². The molecule has 0 amide bonds. The fourth-order valence-electron chi connectivity index (χ4n) is 9.19. The zero-order chi connectivity index (χ0) is 45.3. The van der Waals surface area contributed by atoms with Gasteiger partial charge in [-0.15, -0.1) is 11.3 Å². The first kappa shape index (κ1) is 39.6. The third-order valence-corrected chi connectivity index (χ3v) is 13.6. The molecule has 9 aromatic carbocycles. The first-order valence-electron chi connectivity index (χ1n) is 21.6. The lowest BCUT2D eigenvalue weighted by Gasteiger charge is -2.15. The Balaban J connectivity index is 1.21. The molecule has 320 valence electrons. The molecule has 0 atom stereocenters. The quantitative estimate of drug-likeness (QED) is 0.0786. The van der Waals surface area contributed by atoms with Crippen molar-refractivity contribution in [2.45, 2.75) is 0 Å². The monoisotopic (exact) mass is 888 g/mol. The Bertz CT molecular complexity index is 3880. The van der Waals surface area contributed by atoms with Crippen LogP contribution in [-0.4, -0.2) is 45.1 Å². The number of aromatic nitrogens is 4. The van der Waals surface area contributed by atoms with E-state index in [1.165, 1.54) is 0 Å². The maximum absolute atomic E-state index is 11.2. The number of hydrogen-bond donors (Lipinski definition) is 5. The molecule has 3 heterocycles. The number of para-hydroxylation sites is 1. The molecule has 67 heavy (non-hydrogen) atoms. The van der Waals surface area contributed by atoms with Gasteiger partial charge in [0.15, 0.2) is 29.0 Å². The molecule has 12 aromatic rings. The number of aromatic hydroxyl groups is 5. The van der Waals surface area contributed by atoms with Gasteiger partial charge in [-0.1, -0.05) is 146 Å². The summed E-state index contributed by atoms with van der Waals surface area (Å²) in [5.41, 5.74) is 10.1. The van der Waals surface area contributed by atoms with E-state index < -0.39 is 34.3 Å². The third-order valence-electron chi connectivity index (χ3n) is 12.4. The van der Waals surface area contributed by atoms with E-state index in [0.29, 0.717) is 11.1 Å². The fourth-order valence-corrected chi connectivity index (χ4v) is 10.4. The molecule has 0 aliphatic carbocycles. The Morgan fingerprint density at radius 2 is 0.851 bits per heavy atom. The van der Waals surface area contributed by atoms with Gasteiger partial charge >= 0.3 is 0 Å². The van der Waals surface area contributed by atoms with Crippen LogP contribution in [0, 0.1) is 0 Å². The highest BCUT2D eigenvalue weighted by Crippen LogP contribution is 2.55. The van der Waals surface area contributed by atoms with E-state index in [-0.39, 0.29) is 17.5 Å². The van der Waals surface area contributed by atoms with Crippen molar-refractivity contribution in [2.24, 2.45) is 0 Å². The van der Waals surface area contributed by atoms with Crippen LogP contribution in [0.3, 0.4) is 0 Å². The number of fused-ring (bicyclic) bond motifs is 6. The van der Waals surface area contributed by atoms with Gasteiger partial charge in [0.05, 0.1) is 16.7 Å². The van der Waals surface area contributed by atoms with E-state index in [4.69, 9.17) is 9.97 Å². The second-order valence-electron chi connectivity index (χ2n) is 16.3. The van der Waals surface area contributed by atoms with Gasteiger partial charge in [-0.25, -0.2) is 15.0 Å². The summed E-state index contributed by atoms with van der Waals surface area (Å²) in [6, 6.07) is 64.0. The fraction of sp³-hybridized carbons (Fsp3) is 0. The average molecular weight is 889 g/mol. The molecule has 3 aromatic heterocycles. The SMILES string of the molecule is Oc1c(O)c(O)c(-c2nc(-c3ccccc3)nc(-c3cc(-c4ccccc4)cc4c3sc3cc(-c5ccccc5)cc(-n5c6ccccc6c6cc(-c7ccccc7)ccc65)c34)n2)c(O)c1O. The number of rotatable bonds is 7. The maximum Gasteiger partial charge on any atom is 0.208 e. The van der Waals surface area contributed by atoms with E-state index >= 15 is 0 Å². The van der Waals surface area contributed by atoms with Crippen molar-refractivity contribution in [2.75, 3.05) is 0 Å². The van der Waals surface area contributed by atoms with Gasteiger partial charge in [0.2, 0.25) is 17.2 Å². The number of nitrogens with zero attached hydrogens (tertiary/aromatic N) is 4. The Morgan fingerprint density at radius 3 is 1.49 bits per heavy atom. The molecule has 0 aliphatic rings. The van der Waals surface area contributed by atoms with Crippen LogP contribution in [0.4, 0.5) is 0 Å². The van der Waals surface area contributed by atoms with Crippen molar-refractivity contribution in [3.8, 4) is 102 Å². The zero-order valence-electron chi connectivity index (χ0n) is 35.3. The van der Waals surface area contributed by atoms with Gasteiger partial charge in [0, 0.05) is 42.1 Å². The van der Waals surface area contributed by atoms with E-state index in [2.05, 4.69) is 119 Å². The molecule has 0 saturated carbocycles. The van der Waals surface area contributed by atoms with Gasteiger partial charge in [0.25, 0.3) is 0 Å². The van der Waals surface area contributed by atoms with Crippen molar-refractivity contribution in [1.82, 2.24) is 19.5 Å². The van der Waals surface area contributed by atoms with E-state index in [1.807, 2.05) is 78.9 Å². The molecule has 12 rings (SSSR count). The molecule has 0 spiro atoms. The smallest absolute Gasteiger partial charge is 0.208 e. The minimum absolute atomic E-state index is 0.207. The Kier molecular flexibility index (Phi) is 9.23. The number of benzene rings is 9. The van der Waals surface area contributed by atoms with Gasteiger partial charge in [-0.3, -0.25) is 0 Å². The lowest BCUT2D eigenvalue weighted by molar-refractivity contribution is 0.329. The first-order chi connectivity index (χ1) is 32.8. The summed E-state index contributed by atoms with van der Waals surface area (Å²) in [6.45, 7) is 0. The van der Waals surface area contributed by atoms with Gasteiger partial charge in [0.1, 0.15) is 5.56 Å². The number of thiophene rings is 1. The molecule has 9 nitrogen and oxygen atoms in total. The largest absolute Gasteiger partial charge is 0.504 e. The normalized spacial score (nSPS) is 11.6. The highest BCUT2D eigenvalue weighted by Gasteiger charge is 2.29. The van der Waals surface area contributed by atoms with Crippen LogP contribution in [0.25, 0.3) is 115 Å². The molecule has 0 fully saturated rings. The van der Waals surface area contributed by atoms with Crippen molar-refractivity contribution >= 4 is 53.3 Å². The van der Waals surface area contributed by atoms with Crippen LogP contribution in [0.1, 0.15) is 0 Å². The lowest BCUT2D eigenvalue weighted by Crippen LogP contribution is -2.01. The highest BCUT2D eigenvalue weighted by molar-refractivity contribution is 7.26. The molecule has 0 aliphatic heterocycles. The van der Waals surface area contributed by atoms with Crippen LogP contribution in [0.15, 0.2) is 188 Å². The Morgan fingerprint density at radius 1 is 0.358 bits per heavy atom. The summed E-state index contributed by atoms with van der Waals surface area (Å²) in [7, 11) is 0. The molecule has 0 radical (unpaired) electrons. The van der Waals surface area contributed by atoms with Crippen molar-refractivity contribution < 1.29 is 25.5 Å². The number of phenols is 5. The minimum atomic E-state index is -1.08. The predicted molar refractivity (Wildman–Crippen MR) is 268 cm³/mol. The number of hydrogen-bond acceptors (Lipinski definition) is 9. The number of phenolic OH excluding ortho intramolecular Hbond substituents is 5. The second kappa shape index (κ2) is 15.6. The molecule has 0 bridgehead atoms. The minimum Gasteiger partial charge on any atom is -0.504 e. The summed E-state index contributed by atoms with van der Waals surface area (Å²) >= 11 is 1.61. The standard InChI is InChI=1S/C57H36N4O5S/c62-49-48(50(63)52(65)53(66)51(49)64)57-59-55(35-21-11-4-12-22-35)58-56(60-57)42-29-37(33-17-7-2-8-18-33)28-41-47-45(30-38(31-46(47)67-54(41)42)34-19-9-3-10-20-34)61-43-24-14-13-23-39(43)40-27-36(25-26-44(40)61)32-15-5-1-6-16-32/h1-31,62-66H. The van der Waals surface area contributed by atoms with Crippen LogP contribution < -0.4 is 0 Å². The average Bonchev–Trinajstić information content (AvgIpc) is 3.93. The zero-order valence-corrected chi connectivity index (χ0v) is 36.1. The van der Waals surface area contributed by atoms with Crippen molar-refractivity contribution in [3.05, 3.63) is 188 Å². The molecular weight excluding hydrogens is 853 g/mol. The van der Waals surface area contributed by atoms with Crippen LogP contribution in [0.2, 0.25) is 0 Å². The van der Waals surface area contributed by atoms with Gasteiger partial charge in [-0.05, 0) is 75.8 Å². The lowest BCUT2D eigenvalue weighted by atomic mass is 9.97. The van der Waals surface area contributed by atoms with Crippen molar-refractivity contribution in [1.29, 1.82) is 0 Å². The maximum atomic E-state index is 11.2. The third kappa shape index (κ3) is 6.49. The van der Waals surface area contributed by atoms with Crippen LogP contribution in [0.5, 0.6) is 28.7 Å². The van der Waals surface area contributed by atoms with Crippen LogP contribution >= 0.6 is 11.3 Å². The molecule has 0 saturated heterocycles. The Hall–Kier alpha value is -8.99. The summed E-state index contributed by atoms with van der Waals surface area (Å²) in [5, 5.41) is 58.3. The van der Waals surface area contributed by atoms with E-state index in [0.717, 1.165) is 81.0 Å². The second-order valence-corrected chi connectivity index (χ2v) is 17.4. The van der Waals surface area contributed by atoms with Gasteiger partial charge < -0.3 is 30.1 Å². The predicted octanol–water partition coefficient (Wildman–Crippen LogP) is 13.9. The summed E-state index contributed by atoms with van der Waals surface area (Å²) < 4.78 is 4.26. The summed E-state index contributed by atoms with van der Waals surface area (Å²) in [4.78, 5) is 14.6. The summed E-state index contributed by atoms with van der Waals surface area (Å²) in [5.74, 6) is -4.79. The van der Waals surface area contributed by atoms with Crippen LogP contribution in [-0.2, 0) is 0 Å². The summed E-state index contributed by atoms with van der Waals surface area (Å²) in [6.07, 6.45) is 0. The highest BCUT2D eigenvalue weighted by atomic mass is 32.1. The van der Waals surface area contributed by atoms with Gasteiger partial charge in [-0.2, -0.15) is 0 Å². The topological polar surface area (TPSA) is 145 Å². The molecule has 10 heteroatoms. The molecule has 0 unspecified atom stereocenters. The molecule has 5 N–H and O–H groups in total. The molecular formula is C57H36N4O5S.